The Bertz CT molecular complexity index is 354. The maximum atomic E-state index is 12.0. The Balaban J connectivity index is 1.76. The Morgan fingerprint density at radius 2 is 2.00 bits per heavy atom. The predicted octanol–water partition coefficient (Wildman–Crippen LogP) is 2.35. The van der Waals surface area contributed by atoms with Gasteiger partial charge in [0, 0.05) is 13.0 Å². The van der Waals surface area contributed by atoms with Crippen LogP contribution in [0.1, 0.15) is 52.9 Å². The molecule has 3 nitrogen and oxygen atoms in total. The third kappa shape index (κ3) is 1.88. The smallest absolute Gasteiger partial charge is 0.223 e. The summed E-state index contributed by atoms with van der Waals surface area (Å²) in [7, 11) is 0. The first-order valence-electron chi connectivity index (χ1n) is 6.79. The molecule has 2 saturated heterocycles. The van der Waals surface area contributed by atoms with Gasteiger partial charge >= 0.3 is 0 Å². The highest BCUT2D eigenvalue weighted by molar-refractivity contribution is 5.80. The molecule has 0 N–H and O–H groups in total. The van der Waals surface area contributed by atoms with Crippen molar-refractivity contribution in [3.63, 3.8) is 0 Å². The highest BCUT2D eigenvalue weighted by atomic mass is 16.5. The summed E-state index contributed by atoms with van der Waals surface area (Å²) in [6.07, 6.45) is 5.54. The van der Waals surface area contributed by atoms with Crippen molar-refractivity contribution in [3.8, 4) is 0 Å². The summed E-state index contributed by atoms with van der Waals surface area (Å²) in [5, 5.41) is 0. The molecule has 96 valence electrons. The lowest BCUT2D eigenvalue weighted by atomic mass is 9.89. The van der Waals surface area contributed by atoms with Crippen LogP contribution in [0.2, 0.25) is 0 Å². The molecule has 3 heteroatoms. The lowest BCUT2D eigenvalue weighted by Crippen LogP contribution is -2.45. The molecule has 0 bridgehead atoms. The molecule has 2 heterocycles. The van der Waals surface area contributed by atoms with Crippen molar-refractivity contribution in [2.45, 2.75) is 64.0 Å². The number of fused-ring (bicyclic) bond motifs is 1. The van der Waals surface area contributed by atoms with Crippen LogP contribution in [0.3, 0.4) is 0 Å². The first-order valence-corrected chi connectivity index (χ1v) is 6.79. The summed E-state index contributed by atoms with van der Waals surface area (Å²) >= 11 is 0. The summed E-state index contributed by atoms with van der Waals surface area (Å²) in [5.74, 6) is 0.353. The van der Waals surface area contributed by atoms with Crippen molar-refractivity contribution >= 4 is 5.91 Å². The number of carbonyl (C=O) groups excluding carboxylic acids is 1. The average molecular weight is 237 g/mol. The number of nitrogens with zero attached hydrogens (tertiary/aromatic N) is 1. The van der Waals surface area contributed by atoms with Gasteiger partial charge in [-0.25, -0.2) is 0 Å². The number of rotatable bonds is 2. The van der Waals surface area contributed by atoms with Gasteiger partial charge in [0.25, 0.3) is 0 Å². The van der Waals surface area contributed by atoms with E-state index in [0.29, 0.717) is 11.3 Å². The number of carbonyl (C=O) groups is 1. The maximum Gasteiger partial charge on any atom is 0.223 e. The lowest BCUT2D eigenvalue weighted by molar-refractivity contribution is -0.132. The zero-order valence-corrected chi connectivity index (χ0v) is 11.2. The second kappa shape index (κ2) is 3.25. The van der Waals surface area contributed by atoms with E-state index in [-0.39, 0.29) is 11.1 Å². The molecule has 17 heavy (non-hydrogen) atoms. The van der Waals surface area contributed by atoms with E-state index in [0.717, 1.165) is 26.0 Å². The van der Waals surface area contributed by atoms with Gasteiger partial charge in [-0.05, 0) is 51.9 Å². The summed E-state index contributed by atoms with van der Waals surface area (Å²) in [4.78, 5) is 14.1. The lowest BCUT2D eigenvalue weighted by Gasteiger charge is -2.34. The zero-order valence-electron chi connectivity index (χ0n) is 11.2. The standard InChI is InChI=1S/C14H23NO2/c1-12(2,3)17-10-14-5-4-11(16)15(14)9-13(8-14)6-7-13/h4-10H2,1-3H3. The van der Waals surface area contributed by atoms with Gasteiger partial charge in [0.05, 0.1) is 17.7 Å². The van der Waals surface area contributed by atoms with E-state index in [1.54, 1.807) is 0 Å². The van der Waals surface area contributed by atoms with Crippen LogP contribution in [0.25, 0.3) is 0 Å². The SMILES string of the molecule is CC(C)(C)OCC12CCC(=O)N1CC1(CC1)C2. The van der Waals surface area contributed by atoms with Crippen LogP contribution in [0.4, 0.5) is 0 Å². The van der Waals surface area contributed by atoms with Crippen LogP contribution in [-0.2, 0) is 9.53 Å². The summed E-state index contributed by atoms with van der Waals surface area (Å²) in [6, 6.07) is 0. The Labute approximate surface area is 104 Å². The number of ether oxygens (including phenoxy) is 1. The van der Waals surface area contributed by atoms with Crippen LogP contribution >= 0.6 is 0 Å². The molecule has 3 rings (SSSR count). The average Bonchev–Trinajstić information content (AvgIpc) is 2.78. The van der Waals surface area contributed by atoms with Crippen LogP contribution in [0, 0.1) is 5.41 Å². The molecule has 1 spiro atoms. The van der Waals surface area contributed by atoms with Gasteiger partial charge in [-0.15, -0.1) is 0 Å². The highest BCUT2D eigenvalue weighted by Crippen LogP contribution is 2.60. The molecule has 0 aromatic heterocycles. The van der Waals surface area contributed by atoms with Crippen molar-refractivity contribution in [2.75, 3.05) is 13.2 Å². The minimum absolute atomic E-state index is 0.0425. The van der Waals surface area contributed by atoms with E-state index in [4.69, 9.17) is 4.74 Å². The summed E-state index contributed by atoms with van der Waals surface area (Å²) < 4.78 is 5.99. The van der Waals surface area contributed by atoms with Crippen molar-refractivity contribution in [3.05, 3.63) is 0 Å². The van der Waals surface area contributed by atoms with E-state index in [1.165, 1.54) is 19.3 Å². The fourth-order valence-corrected chi connectivity index (χ4v) is 3.47. The molecule has 1 saturated carbocycles. The summed E-state index contributed by atoms with van der Waals surface area (Å²) in [6.45, 7) is 8.00. The molecule has 1 aliphatic carbocycles. The number of hydrogen-bond donors (Lipinski definition) is 0. The molecule has 1 amide bonds. The number of amides is 1. The second-order valence-corrected chi connectivity index (χ2v) is 7.28. The van der Waals surface area contributed by atoms with E-state index < -0.39 is 0 Å². The molecule has 1 atom stereocenters. The van der Waals surface area contributed by atoms with E-state index in [9.17, 15) is 4.79 Å². The Morgan fingerprint density at radius 3 is 2.59 bits per heavy atom. The van der Waals surface area contributed by atoms with Gasteiger partial charge in [-0.1, -0.05) is 0 Å². The van der Waals surface area contributed by atoms with Gasteiger partial charge in [0.1, 0.15) is 0 Å². The molecule has 3 aliphatic rings. The van der Waals surface area contributed by atoms with Gasteiger partial charge < -0.3 is 9.64 Å². The third-order valence-electron chi connectivity index (χ3n) is 4.61. The van der Waals surface area contributed by atoms with Crippen LogP contribution in [0.5, 0.6) is 0 Å². The first-order chi connectivity index (χ1) is 7.84. The molecule has 0 aromatic rings. The maximum absolute atomic E-state index is 12.0. The molecule has 2 aliphatic heterocycles. The minimum Gasteiger partial charge on any atom is -0.373 e. The fraction of sp³-hybridized carbons (Fsp3) is 0.929. The van der Waals surface area contributed by atoms with Crippen molar-refractivity contribution in [1.29, 1.82) is 0 Å². The quantitative estimate of drug-likeness (QED) is 0.738. The van der Waals surface area contributed by atoms with E-state index >= 15 is 0 Å². The highest BCUT2D eigenvalue weighted by Gasteiger charge is 2.62. The molecule has 0 aromatic carbocycles. The van der Waals surface area contributed by atoms with Gasteiger partial charge in [0.2, 0.25) is 5.91 Å². The topological polar surface area (TPSA) is 29.5 Å². The van der Waals surface area contributed by atoms with Crippen molar-refractivity contribution in [1.82, 2.24) is 4.90 Å². The van der Waals surface area contributed by atoms with E-state index in [2.05, 4.69) is 25.7 Å². The van der Waals surface area contributed by atoms with E-state index in [1.807, 2.05) is 0 Å². The Morgan fingerprint density at radius 1 is 1.29 bits per heavy atom. The predicted molar refractivity (Wildman–Crippen MR) is 65.7 cm³/mol. The second-order valence-electron chi connectivity index (χ2n) is 7.28. The molecular formula is C14H23NO2. The van der Waals surface area contributed by atoms with Gasteiger partial charge in [-0.2, -0.15) is 0 Å². The minimum atomic E-state index is -0.106. The zero-order chi connectivity index (χ0) is 12.3. The Kier molecular flexibility index (Phi) is 2.20. The first kappa shape index (κ1) is 11.5. The van der Waals surface area contributed by atoms with Crippen molar-refractivity contribution in [2.24, 2.45) is 5.41 Å². The van der Waals surface area contributed by atoms with Gasteiger partial charge in [0.15, 0.2) is 0 Å². The van der Waals surface area contributed by atoms with Crippen LogP contribution < -0.4 is 0 Å². The van der Waals surface area contributed by atoms with Gasteiger partial charge in [-0.3, -0.25) is 4.79 Å². The summed E-state index contributed by atoms with van der Waals surface area (Å²) in [5.41, 5.74) is 0.420. The monoisotopic (exact) mass is 237 g/mol. The largest absolute Gasteiger partial charge is 0.373 e. The fourth-order valence-electron chi connectivity index (χ4n) is 3.47. The number of hydrogen-bond acceptors (Lipinski definition) is 2. The molecule has 3 fully saturated rings. The van der Waals surface area contributed by atoms with Crippen molar-refractivity contribution < 1.29 is 9.53 Å². The molecule has 1 unspecified atom stereocenters. The third-order valence-corrected chi connectivity index (χ3v) is 4.61. The van der Waals surface area contributed by atoms with Crippen LogP contribution in [-0.4, -0.2) is 35.1 Å². The normalized spacial score (nSPS) is 34.5. The molecular weight excluding hydrogens is 214 g/mol. The van der Waals surface area contributed by atoms with Crippen LogP contribution in [0.15, 0.2) is 0 Å². The Hall–Kier alpha value is -0.570. The molecule has 0 radical (unpaired) electrons.